The highest BCUT2D eigenvalue weighted by atomic mass is 79.9. The molecule has 1 N–H and O–H groups in total. The van der Waals surface area contributed by atoms with Gasteiger partial charge in [0.25, 0.3) is 5.91 Å². The van der Waals surface area contributed by atoms with E-state index >= 15 is 0 Å². The fourth-order valence-electron chi connectivity index (χ4n) is 2.15. The van der Waals surface area contributed by atoms with Gasteiger partial charge in [0.2, 0.25) is 0 Å². The van der Waals surface area contributed by atoms with Crippen LogP contribution in [-0.4, -0.2) is 17.8 Å². The van der Waals surface area contributed by atoms with Crippen LogP contribution in [0.15, 0.2) is 15.9 Å². The van der Waals surface area contributed by atoms with Crippen LogP contribution in [0.1, 0.15) is 35.4 Å². The van der Waals surface area contributed by atoms with Crippen LogP contribution < -0.4 is 5.32 Å². The Hall–Kier alpha value is -0.0600. The molecular formula is C12H15BrClNOS. The Bertz CT molecular complexity index is 396. The summed E-state index contributed by atoms with van der Waals surface area (Å²) in [5.41, 5.74) is 0. The van der Waals surface area contributed by atoms with Crippen molar-refractivity contribution in [1.29, 1.82) is 0 Å². The normalized spacial score (nSPS) is 24.6. The maximum Gasteiger partial charge on any atom is 0.262 e. The molecule has 1 aromatic rings. The standard InChI is InChI=1S/C12H15BrClNOS/c13-9-5-6-17-11(9)12(16)15-7-8-3-1-2-4-10(8)14/h5-6,8,10H,1-4,7H2,(H,15,16). The topological polar surface area (TPSA) is 29.1 Å². The van der Waals surface area contributed by atoms with E-state index < -0.39 is 0 Å². The SMILES string of the molecule is O=C(NCC1CCCCC1Cl)c1sccc1Br. The average Bonchev–Trinajstić information content (AvgIpc) is 2.74. The molecular weight excluding hydrogens is 322 g/mol. The summed E-state index contributed by atoms with van der Waals surface area (Å²) in [7, 11) is 0. The van der Waals surface area contributed by atoms with Gasteiger partial charge in [0.15, 0.2) is 0 Å². The summed E-state index contributed by atoms with van der Waals surface area (Å²) >= 11 is 11.1. The summed E-state index contributed by atoms with van der Waals surface area (Å²) in [4.78, 5) is 12.6. The van der Waals surface area contributed by atoms with Crippen LogP contribution in [0.2, 0.25) is 0 Å². The van der Waals surface area contributed by atoms with Gasteiger partial charge in [-0.3, -0.25) is 4.79 Å². The van der Waals surface area contributed by atoms with E-state index in [0.717, 1.165) is 22.2 Å². The maximum absolute atomic E-state index is 11.9. The first-order chi connectivity index (χ1) is 8.18. The Balaban J connectivity index is 1.86. The molecule has 0 spiro atoms. The number of carbonyl (C=O) groups excluding carboxylic acids is 1. The lowest BCUT2D eigenvalue weighted by Gasteiger charge is -2.26. The number of carbonyl (C=O) groups is 1. The van der Waals surface area contributed by atoms with Crippen LogP contribution in [-0.2, 0) is 0 Å². The summed E-state index contributed by atoms with van der Waals surface area (Å²) in [6.07, 6.45) is 4.65. The highest BCUT2D eigenvalue weighted by Crippen LogP contribution is 2.28. The number of halogens is 2. The Labute approximate surface area is 119 Å². The van der Waals surface area contributed by atoms with Crippen LogP contribution in [0.4, 0.5) is 0 Å². The van der Waals surface area contributed by atoms with Gasteiger partial charge >= 0.3 is 0 Å². The minimum absolute atomic E-state index is 0.00122. The second-order valence-corrected chi connectivity index (χ2v) is 6.70. The van der Waals surface area contributed by atoms with Crippen molar-refractivity contribution >= 4 is 44.8 Å². The predicted molar refractivity (Wildman–Crippen MR) is 76.0 cm³/mol. The highest BCUT2D eigenvalue weighted by molar-refractivity contribution is 9.10. The van der Waals surface area contributed by atoms with Gasteiger partial charge in [-0.1, -0.05) is 12.8 Å². The fourth-order valence-corrected chi connectivity index (χ4v) is 3.99. The van der Waals surface area contributed by atoms with Gasteiger partial charge in [0.05, 0.1) is 0 Å². The quantitative estimate of drug-likeness (QED) is 0.829. The van der Waals surface area contributed by atoms with Crippen LogP contribution in [0.3, 0.4) is 0 Å². The van der Waals surface area contributed by atoms with Crippen LogP contribution >= 0.6 is 38.9 Å². The summed E-state index contributed by atoms with van der Waals surface area (Å²) in [6, 6.07) is 1.89. The summed E-state index contributed by atoms with van der Waals surface area (Å²) in [6.45, 7) is 0.692. The number of hydrogen-bond donors (Lipinski definition) is 1. The molecule has 5 heteroatoms. The van der Waals surface area contributed by atoms with E-state index in [1.54, 1.807) is 0 Å². The lowest BCUT2D eigenvalue weighted by molar-refractivity contribution is 0.0947. The molecule has 0 aromatic carbocycles. The first-order valence-corrected chi connectivity index (χ1v) is 7.94. The molecule has 94 valence electrons. The molecule has 0 aliphatic heterocycles. The van der Waals surface area contributed by atoms with Crippen molar-refractivity contribution in [1.82, 2.24) is 5.32 Å². The monoisotopic (exact) mass is 335 g/mol. The van der Waals surface area contributed by atoms with Gasteiger partial charge in [-0.05, 0) is 46.1 Å². The number of alkyl halides is 1. The Morgan fingerprint density at radius 1 is 1.53 bits per heavy atom. The summed E-state index contributed by atoms with van der Waals surface area (Å²) in [5.74, 6) is 0.425. The number of hydrogen-bond acceptors (Lipinski definition) is 2. The summed E-state index contributed by atoms with van der Waals surface area (Å²) in [5, 5.41) is 5.11. The predicted octanol–water partition coefficient (Wildman–Crippen LogP) is 4.04. The van der Waals surface area contributed by atoms with Gasteiger partial charge in [-0.25, -0.2) is 0 Å². The molecule has 2 rings (SSSR count). The number of amides is 1. The molecule has 17 heavy (non-hydrogen) atoms. The second-order valence-electron chi connectivity index (χ2n) is 4.37. The molecule has 2 unspecified atom stereocenters. The molecule has 1 amide bonds. The molecule has 1 aliphatic carbocycles. The van der Waals surface area contributed by atoms with E-state index in [-0.39, 0.29) is 11.3 Å². The minimum atomic E-state index is 0.00122. The van der Waals surface area contributed by atoms with Gasteiger partial charge in [0, 0.05) is 16.4 Å². The third-order valence-corrected chi connectivity index (χ3v) is 5.58. The Kier molecular flexibility index (Phi) is 4.88. The van der Waals surface area contributed by atoms with E-state index in [9.17, 15) is 4.79 Å². The average molecular weight is 337 g/mol. The number of nitrogens with one attached hydrogen (secondary N) is 1. The zero-order valence-electron chi connectivity index (χ0n) is 9.42. The molecule has 0 saturated heterocycles. The van der Waals surface area contributed by atoms with Gasteiger partial charge in [-0.15, -0.1) is 22.9 Å². The Morgan fingerprint density at radius 3 is 2.94 bits per heavy atom. The van der Waals surface area contributed by atoms with Gasteiger partial charge in [-0.2, -0.15) is 0 Å². The second kappa shape index (κ2) is 6.21. The molecule has 0 radical (unpaired) electrons. The lowest BCUT2D eigenvalue weighted by atomic mass is 9.89. The van der Waals surface area contributed by atoms with Crippen LogP contribution in [0.5, 0.6) is 0 Å². The molecule has 1 heterocycles. The molecule has 0 bridgehead atoms. The van der Waals surface area contributed by atoms with E-state index in [1.807, 2.05) is 11.4 Å². The smallest absolute Gasteiger partial charge is 0.262 e. The first kappa shape index (κ1) is 13.4. The molecule has 2 atom stereocenters. The Morgan fingerprint density at radius 2 is 2.29 bits per heavy atom. The molecule has 1 saturated carbocycles. The van der Waals surface area contributed by atoms with Crippen molar-refractivity contribution in [2.75, 3.05) is 6.54 Å². The zero-order chi connectivity index (χ0) is 12.3. The van der Waals surface area contributed by atoms with E-state index in [0.29, 0.717) is 12.5 Å². The molecule has 1 aromatic heterocycles. The van der Waals surface area contributed by atoms with Gasteiger partial charge < -0.3 is 5.32 Å². The fraction of sp³-hybridized carbons (Fsp3) is 0.583. The highest BCUT2D eigenvalue weighted by Gasteiger charge is 2.24. The van der Waals surface area contributed by atoms with Gasteiger partial charge in [0.1, 0.15) is 4.88 Å². The van der Waals surface area contributed by atoms with Crippen molar-refractivity contribution in [2.45, 2.75) is 31.1 Å². The molecule has 1 fully saturated rings. The van der Waals surface area contributed by atoms with Crippen molar-refractivity contribution < 1.29 is 4.79 Å². The summed E-state index contributed by atoms with van der Waals surface area (Å²) < 4.78 is 0.867. The first-order valence-electron chi connectivity index (χ1n) is 5.83. The maximum atomic E-state index is 11.9. The minimum Gasteiger partial charge on any atom is -0.351 e. The zero-order valence-corrected chi connectivity index (χ0v) is 12.6. The lowest BCUT2D eigenvalue weighted by Crippen LogP contribution is -2.34. The van der Waals surface area contributed by atoms with Crippen LogP contribution in [0, 0.1) is 5.92 Å². The third kappa shape index (κ3) is 3.46. The van der Waals surface area contributed by atoms with Crippen molar-refractivity contribution in [3.8, 4) is 0 Å². The molecule has 1 aliphatic rings. The number of rotatable bonds is 3. The molecule has 2 nitrogen and oxygen atoms in total. The van der Waals surface area contributed by atoms with E-state index in [1.165, 1.54) is 24.2 Å². The number of thiophene rings is 1. The van der Waals surface area contributed by atoms with Crippen LogP contribution in [0.25, 0.3) is 0 Å². The van der Waals surface area contributed by atoms with Crippen molar-refractivity contribution in [3.63, 3.8) is 0 Å². The van der Waals surface area contributed by atoms with E-state index in [2.05, 4.69) is 21.2 Å². The largest absolute Gasteiger partial charge is 0.351 e. The third-order valence-electron chi connectivity index (χ3n) is 3.16. The van der Waals surface area contributed by atoms with Crippen molar-refractivity contribution in [3.05, 3.63) is 20.8 Å². The van der Waals surface area contributed by atoms with Crippen molar-refractivity contribution in [2.24, 2.45) is 5.92 Å². The van der Waals surface area contributed by atoms with E-state index in [4.69, 9.17) is 11.6 Å².